The van der Waals surface area contributed by atoms with Crippen molar-refractivity contribution in [2.45, 2.75) is 0 Å². The van der Waals surface area contributed by atoms with Crippen LogP contribution in [0.1, 0.15) is 0 Å². The van der Waals surface area contributed by atoms with Crippen molar-refractivity contribution in [1.29, 1.82) is 0 Å². The summed E-state index contributed by atoms with van der Waals surface area (Å²) in [6, 6.07) is 13.9. The Kier molecular flexibility index (Phi) is 4.62. The number of carbonyl (C=O) groups is 1. The molecule has 152 valence electrons. The fourth-order valence-electron chi connectivity index (χ4n) is 3.73. The van der Waals surface area contributed by atoms with Crippen molar-refractivity contribution in [3.8, 4) is 5.75 Å². The van der Waals surface area contributed by atoms with Gasteiger partial charge in [-0.1, -0.05) is 35.5 Å². The van der Waals surface area contributed by atoms with Crippen molar-refractivity contribution in [3.05, 3.63) is 48.8 Å². The lowest BCUT2D eigenvalue weighted by atomic mass is 10.1. The summed E-state index contributed by atoms with van der Waals surface area (Å²) in [6.45, 7) is 2.58. The number of aryl methyl sites for hydroxylation is 1. The number of rotatable bonds is 4. The Morgan fingerprint density at radius 3 is 2.67 bits per heavy atom. The highest BCUT2D eigenvalue weighted by molar-refractivity contribution is 5.84. The molecule has 5 rings (SSSR count). The van der Waals surface area contributed by atoms with E-state index in [9.17, 15) is 4.79 Å². The Hall–Kier alpha value is -3.75. The highest BCUT2D eigenvalue weighted by Gasteiger charge is 2.24. The fraction of sp³-hybridized carbons (Fsp3) is 0.286. The van der Waals surface area contributed by atoms with Crippen LogP contribution in [0.2, 0.25) is 0 Å². The Morgan fingerprint density at radius 2 is 1.83 bits per heavy atom. The average molecular weight is 403 g/mol. The molecule has 9 nitrogen and oxygen atoms in total. The normalized spacial score (nSPS) is 14.4. The van der Waals surface area contributed by atoms with E-state index < -0.39 is 0 Å². The number of nitrogens with zero attached hydrogens (tertiary/aromatic N) is 7. The zero-order valence-electron chi connectivity index (χ0n) is 16.6. The van der Waals surface area contributed by atoms with Gasteiger partial charge >= 0.3 is 0 Å². The average Bonchev–Trinajstić information content (AvgIpc) is 3.18. The third-order valence-corrected chi connectivity index (χ3v) is 5.38. The molecule has 0 radical (unpaired) electrons. The predicted octanol–water partition coefficient (Wildman–Crippen LogP) is 1.64. The summed E-state index contributed by atoms with van der Waals surface area (Å²) >= 11 is 0. The van der Waals surface area contributed by atoms with E-state index in [1.54, 1.807) is 11.7 Å². The first-order chi connectivity index (χ1) is 14.7. The van der Waals surface area contributed by atoms with Crippen LogP contribution in [0.4, 0.5) is 5.82 Å². The van der Waals surface area contributed by atoms with Gasteiger partial charge < -0.3 is 14.5 Å². The van der Waals surface area contributed by atoms with Crippen molar-refractivity contribution < 1.29 is 9.53 Å². The smallest absolute Gasteiger partial charge is 0.260 e. The minimum absolute atomic E-state index is 0.0184. The molecule has 4 aromatic rings. The first-order valence-electron chi connectivity index (χ1n) is 9.84. The number of aromatic nitrogens is 5. The van der Waals surface area contributed by atoms with Gasteiger partial charge in [-0.15, -0.1) is 5.10 Å². The molecule has 9 heteroatoms. The number of fused-ring (bicyclic) bond motifs is 2. The Bertz CT molecular complexity index is 1210. The molecule has 2 aromatic carbocycles. The van der Waals surface area contributed by atoms with Crippen molar-refractivity contribution in [1.82, 2.24) is 29.9 Å². The SMILES string of the molecule is Cn1nnc2c(N3CCN(C(=O)COc4ccc5ccccc5c4)CC3)ncnc21. The molecule has 0 spiro atoms. The largest absolute Gasteiger partial charge is 0.484 e. The first kappa shape index (κ1) is 18.3. The maximum Gasteiger partial charge on any atom is 0.260 e. The van der Waals surface area contributed by atoms with Crippen molar-refractivity contribution >= 4 is 33.7 Å². The number of hydrogen-bond acceptors (Lipinski definition) is 7. The monoisotopic (exact) mass is 403 g/mol. The van der Waals surface area contributed by atoms with Gasteiger partial charge in [0.1, 0.15) is 12.1 Å². The molecule has 2 aromatic heterocycles. The van der Waals surface area contributed by atoms with E-state index >= 15 is 0 Å². The fourth-order valence-corrected chi connectivity index (χ4v) is 3.73. The summed E-state index contributed by atoms with van der Waals surface area (Å²) in [6.07, 6.45) is 1.52. The van der Waals surface area contributed by atoms with Gasteiger partial charge in [0.15, 0.2) is 23.6 Å². The van der Waals surface area contributed by atoms with E-state index in [4.69, 9.17) is 4.74 Å². The van der Waals surface area contributed by atoms with Crippen LogP contribution in [-0.4, -0.2) is 68.6 Å². The second-order valence-electron chi connectivity index (χ2n) is 7.25. The quantitative estimate of drug-likeness (QED) is 0.512. The van der Waals surface area contributed by atoms with Crippen LogP contribution < -0.4 is 9.64 Å². The van der Waals surface area contributed by atoms with E-state index in [-0.39, 0.29) is 12.5 Å². The van der Waals surface area contributed by atoms with Gasteiger partial charge in [0.25, 0.3) is 5.91 Å². The molecular formula is C21H21N7O2. The number of benzene rings is 2. The van der Waals surface area contributed by atoms with Crippen LogP contribution >= 0.6 is 0 Å². The summed E-state index contributed by atoms with van der Waals surface area (Å²) in [5.74, 6) is 1.44. The second kappa shape index (κ2) is 7.58. The molecule has 1 aliphatic heterocycles. The molecule has 0 saturated carbocycles. The molecule has 0 N–H and O–H groups in total. The van der Waals surface area contributed by atoms with Crippen LogP contribution in [-0.2, 0) is 11.8 Å². The molecule has 1 amide bonds. The summed E-state index contributed by atoms with van der Waals surface area (Å²) in [5.41, 5.74) is 1.38. The molecule has 1 fully saturated rings. The highest BCUT2D eigenvalue weighted by atomic mass is 16.5. The predicted molar refractivity (Wildman–Crippen MR) is 112 cm³/mol. The first-order valence-corrected chi connectivity index (χ1v) is 9.84. The van der Waals surface area contributed by atoms with Crippen LogP contribution in [0.15, 0.2) is 48.8 Å². The number of amides is 1. The van der Waals surface area contributed by atoms with Crippen LogP contribution in [0, 0.1) is 0 Å². The number of ether oxygens (including phenoxy) is 1. The van der Waals surface area contributed by atoms with Gasteiger partial charge in [-0.2, -0.15) is 0 Å². The number of hydrogen-bond donors (Lipinski definition) is 0. The summed E-state index contributed by atoms with van der Waals surface area (Å²) in [7, 11) is 1.80. The van der Waals surface area contributed by atoms with Crippen molar-refractivity contribution in [2.24, 2.45) is 7.05 Å². The maximum absolute atomic E-state index is 12.6. The van der Waals surface area contributed by atoms with Crippen LogP contribution in [0.25, 0.3) is 21.9 Å². The Labute approximate surface area is 172 Å². The molecule has 0 bridgehead atoms. The Balaban J connectivity index is 1.20. The lowest BCUT2D eigenvalue weighted by Crippen LogP contribution is -2.50. The maximum atomic E-state index is 12.6. The van der Waals surface area contributed by atoms with E-state index in [0.717, 1.165) is 16.6 Å². The lowest BCUT2D eigenvalue weighted by Gasteiger charge is -2.35. The molecule has 1 saturated heterocycles. The molecular weight excluding hydrogens is 382 g/mol. The lowest BCUT2D eigenvalue weighted by molar-refractivity contribution is -0.133. The Morgan fingerprint density at radius 1 is 1.03 bits per heavy atom. The van der Waals surface area contributed by atoms with E-state index in [0.29, 0.717) is 43.1 Å². The van der Waals surface area contributed by atoms with Crippen LogP contribution in [0.3, 0.4) is 0 Å². The summed E-state index contributed by atoms with van der Waals surface area (Å²) in [4.78, 5) is 25.2. The zero-order chi connectivity index (χ0) is 20.5. The van der Waals surface area contributed by atoms with E-state index in [1.807, 2.05) is 41.3 Å². The zero-order valence-corrected chi connectivity index (χ0v) is 16.6. The number of carbonyl (C=O) groups excluding carboxylic acids is 1. The van der Waals surface area contributed by atoms with Gasteiger partial charge in [0, 0.05) is 33.2 Å². The minimum atomic E-state index is -0.0184. The topological polar surface area (TPSA) is 89.3 Å². The van der Waals surface area contributed by atoms with Crippen molar-refractivity contribution in [3.63, 3.8) is 0 Å². The van der Waals surface area contributed by atoms with Gasteiger partial charge in [-0.05, 0) is 22.9 Å². The van der Waals surface area contributed by atoms with Gasteiger partial charge in [-0.25, -0.2) is 14.6 Å². The molecule has 0 unspecified atom stereocenters. The minimum Gasteiger partial charge on any atom is -0.484 e. The van der Waals surface area contributed by atoms with Crippen LogP contribution in [0.5, 0.6) is 5.75 Å². The third kappa shape index (κ3) is 3.38. The summed E-state index contributed by atoms with van der Waals surface area (Å²) < 4.78 is 7.38. The van der Waals surface area contributed by atoms with Gasteiger partial charge in [-0.3, -0.25) is 4.79 Å². The van der Waals surface area contributed by atoms with Crippen molar-refractivity contribution in [2.75, 3.05) is 37.7 Å². The van der Waals surface area contributed by atoms with Gasteiger partial charge in [0.05, 0.1) is 0 Å². The van der Waals surface area contributed by atoms with E-state index in [2.05, 4.69) is 31.2 Å². The molecule has 1 aliphatic rings. The molecule has 3 heterocycles. The highest BCUT2D eigenvalue weighted by Crippen LogP contribution is 2.22. The molecule has 0 atom stereocenters. The molecule has 30 heavy (non-hydrogen) atoms. The number of piperazine rings is 1. The third-order valence-electron chi connectivity index (χ3n) is 5.38. The standard InChI is InChI=1S/C21H21N7O2/c1-26-20-19(24-25-26)21(23-14-22-20)28-10-8-27(9-11-28)18(29)13-30-17-7-6-15-4-2-3-5-16(15)12-17/h2-7,12,14H,8-11,13H2,1H3. The summed E-state index contributed by atoms with van der Waals surface area (Å²) in [5, 5.41) is 10.4. The number of anilines is 1. The van der Waals surface area contributed by atoms with Gasteiger partial charge in [0.2, 0.25) is 0 Å². The molecule has 0 aliphatic carbocycles. The van der Waals surface area contributed by atoms with E-state index in [1.165, 1.54) is 6.33 Å². The second-order valence-corrected chi connectivity index (χ2v) is 7.25.